The number of nitrogens with one attached hydrogen (secondary N) is 1. The number of carbonyl (C=O) groups excluding carboxylic acids is 7. The Morgan fingerprint density at radius 1 is 0.754 bits per heavy atom. The van der Waals surface area contributed by atoms with E-state index >= 15 is 0 Å². The minimum atomic E-state index is -1.64. The number of ether oxygens (including phenoxy) is 10. The highest BCUT2D eigenvalue weighted by Gasteiger charge is 2.56. The van der Waals surface area contributed by atoms with E-state index in [0.717, 1.165) is 49.9 Å². The molecule has 0 unspecified atom stereocenters. The molecule has 0 bridgehead atoms. The molecule has 1 fully saturated rings. The molecule has 5 rings (SSSR count). The van der Waals surface area contributed by atoms with Crippen LogP contribution in [-0.2, 0) is 68.5 Å². The molecule has 6 atom stereocenters. The molecule has 21 heteroatoms. The summed E-state index contributed by atoms with van der Waals surface area (Å²) in [5, 5.41) is 5.00. The molecule has 0 aliphatic carbocycles. The first-order valence-corrected chi connectivity index (χ1v) is 21.0. The van der Waals surface area contributed by atoms with Gasteiger partial charge in [0.25, 0.3) is 0 Å². The third-order valence-electron chi connectivity index (χ3n) is 10.1. The molecule has 2 aliphatic heterocycles. The zero-order chi connectivity index (χ0) is 47.2. The molecule has 0 radical (unpaired) electrons. The van der Waals surface area contributed by atoms with Crippen molar-refractivity contribution in [3.63, 3.8) is 0 Å². The highest BCUT2D eigenvalue weighted by atomic mass is 35.5. The van der Waals surface area contributed by atoms with E-state index in [0.29, 0.717) is 23.7 Å². The van der Waals surface area contributed by atoms with E-state index in [1.54, 1.807) is 18.2 Å². The molecule has 352 valence electrons. The molecule has 65 heavy (non-hydrogen) atoms. The van der Waals surface area contributed by atoms with Gasteiger partial charge in [-0.05, 0) is 28.6 Å². The predicted octanol–water partition coefficient (Wildman–Crippen LogP) is 4.31. The number of amides is 2. The van der Waals surface area contributed by atoms with Crippen LogP contribution in [-0.4, -0.2) is 149 Å². The standard InChI is InChI=1S/C44H52ClN3O17/c1-25(49)58-20-19-57-18-17-48(44(55)64-35-21-34-36(30(22-45)23-46-34)33-10-8-7-9-32(33)35)16-15-47(5)43(54)59-24-29-11-13-31(14-12-29)63-42-40(62-28(4)52)38(61-27(3)51)37(60-26(2)50)39(65-42)41(53)56-6/h7-14,21,30,37-40,42,46H,15-20,22-24H2,1-6H3/t30-,37+,38+,39+,40-,42-/m1/s1. The summed E-state index contributed by atoms with van der Waals surface area (Å²) in [6, 6.07) is 15.5. The lowest BCUT2D eigenvalue weighted by Crippen LogP contribution is -2.64. The quantitative estimate of drug-likeness (QED) is 0.0764. The summed E-state index contributed by atoms with van der Waals surface area (Å²) in [6.07, 6.45) is -9.18. The zero-order valence-electron chi connectivity index (χ0n) is 36.7. The van der Waals surface area contributed by atoms with E-state index in [1.165, 1.54) is 35.9 Å². The maximum atomic E-state index is 13.8. The van der Waals surface area contributed by atoms with Crippen LogP contribution in [0, 0.1) is 0 Å². The number of likely N-dealkylation sites (N-methyl/N-ethyl adjacent to an activating group) is 1. The van der Waals surface area contributed by atoms with Crippen molar-refractivity contribution >= 4 is 70.1 Å². The molecule has 0 spiro atoms. The van der Waals surface area contributed by atoms with Crippen molar-refractivity contribution < 1.29 is 80.9 Å². The third kappa shape index (κ3) is 13.6. The SMILES string of the molecule is COC(=O)[C@H]1O[C@@H](Oc2ccc(COC(=O)N(C)CCN(CCOCCOC(C)=O)C(=O)Oc3cc4c(c5ccccc35)[C@H](CCl)CN4)cc2)[C@H](OC(C)=O)[C@@H](OC(C)=O)[C@@H]1OC(C)=O. The van der Waals surface area contributed by atoms with E-state index in [9.17, 15) is 33.6 Å². The van der Waals surface area contributed by atoms with Crippen molar-refractivity contribution in [2.24, 2.45) is 0 Å². The number of hydrogen-bond acceptors (Lipinski definition) is 18. The third-order valence-corrected chi connectivity index (χ3v) is 10.4. The summed E-state index contributed by atoms with van der Waals surface area (Å²) in [5.41, 5.74) is 2.42. The monoisotopic (exact) mass is 929 g/mol. The van der Waals surface area contributed by atoms with Crippen molar-refractivity contribution in [2.75, 3.05) is 71.4 Å². The fourth-order valence-electron chi connectivity index (χ4n) is 7.07. The number of methoxy groups -OCH3 is 1. The van der Waals surface area contributed by atoms with Crippen LogP contribution in [0.15, 0.2) is 54.6 Å². The summed E-state index contributed by atoms with van der Waals surface area (Å²) < 4.78 is 54.7. The Kier molecular flexibility index (Phi) is 18.0. The average molecular weight is 930 g/mol. The molecule has 3 aromatic rings. The minimum Gasteiger partial charge on any atom is -0.467 e. The highest BCUT2D eigenvalue weighted by molar-refractivity contribution is 6.18. The van der Waals surface area contributed by atoms with Gasteiger partial charge < -0.3 is 62.5 Å². The van der Waals surface area contributed by atoms with Crippen LogP contribution < -0.4 is 14.8 Å². The summed E-state index contributed by atoms with van der Waals surface area (Å²) in [6.45, 7) is 5.40. The topological polar surface area (TPSA) is 230 Å². The summed E-state index contributed by atoms with van der Waals surface area (Å²) in [7, 11) is 2.58. The van der Waals surface area contributed by atoms with Crippen LogP contribution in [0.1, 0.15) is 44.7 Å². The lowest BCUT2D eigenvalue weighted by molar-refractivity contribution is -0.282. The number of hydrogen-bond donors (Lipinski definition) is 1. The molecule has 1 N–H and O–H groups in total. The zero-order valence-corrected chi connectivity index (χ0v) is 37.5. The van der Waals surface area contributed by atoms with Crippen molar-refractivity contribution in [2.45, 2.75) is 70.9 Å². The number of nitrogens with zero attached hydrogens (tertiary/aromatic N) is 2. The van der Waals surface area contributed by atoms with Crippen LogP contribution in [0.3, 0.4) is 0 Å². The first kappa shape index (κ1) is 49.6. The number of anilines is 1. The number of fused-ring (bicyclic) bond motifs is 3. The number of halogens is 1. The van der Waals surface area contributed by atoms with Gasteiger partial charge in [0, 0.05) is 89.9 Å². The maximum absolute atomic E-state index is 13.8. The van der Waals surface area contributed by atoms with Gasteiger partial charge in [-0.1, -0.05) is 36.4 Å². The predicted molar refractivity (Wildman–Crippen MR) is 228 cm³/mol. The Balaban J connectivity index is 1.22. The van der Waals surface area contributed by atoms with Crippen molar-refractivity contribution in [3.8, 4) is 11.5 Å². The van der Waals surface area contributed by atoms with Crippen molar-refractivity contribution in [3.05, 3.63) is 65.7 Å². The van der Waals surface area contributed by atoms with Crippen LogP contribution in [0.25, 0.3) is 10.8 Å². The number of rotatable bonds is 19. The van der Waals surface area contributed by atoms with Gasteiger partial charge in [-0.15, -0.1) is 11.6 Å². The minimum absolute atomic E-state index is 0.0353. The molecular weight excluding hydrogens is 878 g/mol. The second-order valence-corrected chi connectivity index (χ2v) is 15.1. The molecule has 1 saturated heterocycles. The number of alkyl halides is 1. The first-order chi connectivity index (χ1) is 31.1. The summed E-state index contributed by atoms with van der Waals surface area (Å²) >= 11 is 6.27. The van der Waals surface area contributed by atoms with E-state index < -0.39 is 72.7 Å². The molecule has 0 saturated carbocycles. The second kappa shape index (κ2) is 23.5. The Hall–Kier alpha value is -6.38. The molecule has 0 aromatic heterocycles. The molecular formula is C44H52ClN3O17. The van der Waals surface area contributed by atoms with Gasteiger partial charge in [0.05, 0.1) is 20.3 Å². The van der Waals surface area contributed by atoms with Gasteiger partial charge in [-0.25, -0.2) is 14.4 Å². The first-order valence-electron chi connectivity index (χ1n) is 20.5. The van der Waals surface area contributed by atoms with E-state index in [1.807, 2.05) is 24.3 Å². The smallest absolute Gasteiger partial charge is 0.415 e. The van der Waals surface area contributed by atoms with Crippen LogP contribution in [0.2, 0.25) is 0 Å². The number of carbonyl (C=O) groups is 7. The van der Waals surface area contributed by atoms with Gasteiger partial charge in [0.15, 0.2) is 18.3 Å². The van der Waals surface area contributed by atoms with E-state index in [-0.39, 0.29) is 57.7 Å². The van der Waals surface area contributed by atoms with Crippen LogP contribution >= 0.6 is 11.6 Å². The Morgan fingerprint density at radius 2 is 1.42 bits per heavy atom. The van der Waals surface area contributed by atoms with Gasteiger partial charge in [-0.2, -0.15) is 0 Å². The lowest BCUT2D eigenvalue weighted by Gasteiger charge is -2.43. The Morgan fingerprint density at radius 3 is 2.06 bits per heavy atom. The van der Waals surface area contributed by atoms with Crippen molar-refractivity contribution in [1.82, 2.24) is 9.80 Å². The van der Waals surface area contributed by atoms with Gasteiger partial charge in [0.1, 0.15) is 24.7 Å². The lowest BCUT2D eigenvalue weighted by atomic mass is 9.95. The second-order valence-electron chi connectivity index (χ2n) is 14.8. The fraction of sp³-hybridized carbons (Fsp3) is 0.477. The Labute approximate surface area is 379 Å². The Bertz CT molecular complexity index is 2190. The average Bonchev–Trinajstić information content (AvgIpc) is 3.69. The normalized spacial score (nSPS) is 19.7. The molecule has 2 aliphatic rings. The van der Waals surface area contributed by atoms with Gasteiger partial charge >= 0.3 is 42.0 Å². The molecule has 20 nitrogen and oxygen atoms in total. The number of benzene rings is 3. The molecule has 3 aromatic carbocycles. The van der Waals surface area contributed by atoms with Gasteiger partial charge in [-0.3, -0.25) is 19.2 Å². The largest absolute Gasteiger partial charge is 0.467 e. The van der Waals surface area contributed by atoms with E-state index in [4.69, 9.17) is 59.0 Å². The van der Waals surface area contributed by atoms with Gasteiger partial charge in [0.2, 0.25) is 12.4 Å². The van der Waals surface area contributed by atoms with Crippen LogP contribution in [0.5, 0.6) is 11.5 Å². The van der Waals surface area contributed by atoms with Crippen molar-refractivity contribution in [1.29, 1.82) is 0 Å². The molecule has 2 heterocycles. The van der Waals surface area contributed by atoms with Crippen LogP contribution in [0.4, 0.5) is 15.3 Å². The molecule has 2 amide bonds. The summed E-state index contributed by atoms with van der Waals surface area (Å²) in [4.78, 5) is 89.7. The fourth-order valence-corrected chi connectivity index (χ4v) is 7.33. The summed E-state index contributed by atoms with van der Waals surface area (Å²) in [5.74, 6) is -2.92. The highest BCUT2D eigenvalue weighted by Crippen LogP contribution is 2.42. The van der Waals surface area contributed by atoms with E-state index in [2.05, 4.69) is 5.32 Å². The number of esters is 5. The maximum Gasteiger partial charge on any atom is 0.415 e.